The van der Waals surface area contributed by atoms with E-state index in [1.54, 1.807) is 0 Å². The molecule has 1 rings (SSSR count). The molecule has 0 saturated heterocycles. The van der Waals surface area contributed by atoms with Crippen LogP contribution in [0, 0.1) is 0 Å². The van der Waals surface area contributed by atoms with E-state index in [0.29, 0.717) is 0 Å². The molecule has 2 unspecified atom stereocenters. The molecule has 1 aromatic rings. The molecule has 3 nitrogen and oxygen atoms in total. The second-order valence-electron chi connectivity index (χ2n) is 4.53. The van der Waals surface area contributed by atoms with E-state index >= 15 is 0 Å². The van der Waals surface area contributed by atoms with E-state index < -0.39 is 6.04 Å². The van der Waals surface area contributed by atoms with Crippen LogP contribution < -0.4 is 11.1 Å². The van der Waals surface area contributed by atoms with Gasteiger partial charge in [0.05, 0.1) is 12.1 Å². The highest BCUT2D eigenvalue weighted by Gasteiger charge is 2.15. The molecule has 0 aliphatic rings. The van der Waals surface area contributed by atoms with Crippen molar-refractivity contribution in [2.45, 2.75) is 45.2 Å². The number of hydrogen-bond acceptors (Lipinski definition) is 2. The van der Waals surface area contributed by atoms with Gasteiger partial charge in [-0.1, -0.05) is 47.8 Å². The van der Waals surface area contributed by atoms with Gasteiger partial charge in [0.1, 0.15) is 0 Å². The van der Waals surface area contributed by atoms with Crippen LogP contribution in [0.3, 0.4) is 0 Å². The Hall–Kier alpha value is -0.870. The molecule has 18 heavy (non-hydrogen) atoms. The fourth-order valence-electron chi connectivity index (χ4n) is 1.71. The van der Waals surface area contributed by atoms with Gasteiger partial charge in [-0.05, 0) is 31.0 Å². The van der Waals surface area contributed by atoms with Crippen molar-refractivity contribution in [1.29, 1.82) is 0 Å². The minimum Gasteiger partial charge on any atom is -0.348 e. The summed E-state index contributed by atoms with van der Waals surface area (Å²) in [5.74, 6) is -0.0705. The Morgan fingerprint density at radius 3 is 2.56 bits per heavy atom. The lowest BCUT2D eigenvalue weighted by Crippen LogP contribution is -2.41. The van der Waals surface area contributed by atoms with E-state index in [-0.39, 0.29) is 11.9 Å². The zero-order valence-electron chi connectivity index (χ0n) is 10.9. The van der Waals surface area contributed by atoms with Gasteiger partial charge in [-0.15, -0.1) is 0 Å². The van der Waals surface area contributed by atoms with E-state index in [1.165, 1.54) is 0 Å². The molecule has 0 aromatic heterocycles. The number of nitrogens with two attached hydrogens (primary N) is 1. The van der Waals surface area contributed by atoms with Crippen molar-refractivity contribution in [3.8, 4) is 0 Å². The van der Waals surface area contributed by atoms with Crippen LogP contribution in [0.4, 0.5) is 0 Å². The van der Waals surface area contributed by atoms with Crippen LogP contribution in [-0.2, 0) is 4.79 Å². The van der Waals surface area contributed by atoms with Crippen LogP contribution in [0.15, 0.2) is 28.7 Å². The molecule has 2 atom stereocenters. The van der Waals surface area contributed by atoms with E-state index in [4.69, 9.17) is 5.73 Å². The highest BCUT2D eigenvalue weighted by molar-refractivity contribution is 9.10. The van der Waals surface area contributed by atoms with Crippen LogP contribution in [0.5, 0.6) is 0 Å². The summed E-state index contributed by atoms with van der Waals surface area (Å²) in [6.07, 6.45) is 2.79. The zero-order valence-corrected chi connectivity index (χ0v) is 12.5. The summed E-state index contributed by atoms with van der Waals surface area (Å²) in [7, 11) is 0. The number of carbonyl (C=O) groups is 1. The summed E-state index contributed by atoms with van der Waals surface area (Å²) in [6.45, 7) is 4.06. The van der Waals surface area contributed by atoms with Crippen molar-refractivity contribution >= 4 is 21.8 Å². The van der Waals surface area contributed by atoms with Gasteiger partial charge in [-0.2, -0.15) is 0 Å². The van der Waals surface area contributed by atoms with Crippen molar-refractivity contribution in [2.24, 2.45) is 5.73 Å². The molecule has 0 aliphatic heterocycles. The zero-order chi connectivity index (χ0) is 13.5. The molecule has 0 saturated carbocycles. The maximum atomic E-state index is 11.9. The third-order valence-electron chi connectivity index (χ3n) is 2.93. The van der Waals surface area contributed by atoms with E-state index in [1.807, 2.05) is 31.2 Å². The summed E-state index contributed by atoms with van der Waals surface area (Å²) in [5, 5.41) is 2.95. The Kier molecular flexibility index (Phi) is 6.36. The first-order valence-electron chi connectivity index (χ1n) is 6.36. The largest absolute Gasteiger partial charge is 0.348 e. The molecule has 1 aromatic carbocycles. The predicted molar refractivity (Wildman–Crippen MR) is 78.2 cm³/mol. The van der Waals surface area contributed by atoms with Gasteiger partial charge in [0.2, 0.25) is 5.91 Å². The second kappa shape index (κ2) is 7.54. The number of unbranched alkanes of at least 4 members (excludes halogenated alkanes) is 1. The molecule has 0 aliphatic carbocycles. The fraction of sp³-hybridized carbons (Fsp3) is 0.500. The molecule has 4 heteroatoms. The minimum atomic E-state index is -0.400. The SMILES string of the molecule is CCCCC(N)C(=O)NC(C)c1ccc(Br)cc1. The topological polar surface area (TPSA) is 55.1 Å². The maximum Gasteiger partial charge on any atom is 0.237 e. The van der Waals surface area contributed by atoms with E-state index in [9.17, 15) is 4.79 Å². The Labute approximate surface area is 117 Å². The van der Waals surface area contributed by atoms with Crippen molar-refractivity contribution in [3.05, 3.63) is 34.3 Å². The second-order valence-corrected chi connectivity index (χ2v) is 5.45. The first-order valence-corrected chi connectivity index (χ1v) is 7.15. The van der Waals surface area contributed by atoms with Gasteiger partial charge >= 0.3 is 0 Å². The standard InChI is InChI=1S/C14H21BrN2O/c1-3-4-5-13(16)14(18)17-10(2)11-6-8-12(15)9-7-11/h6-10,13H,3-5,16H2,1-2H3,(H,17,18). The lowest BCUT2D eigenvalue weighted by atomic mass is 10.1. The molecule has 100 valence electrons. The number of carbonyl (C=O) groups excluding carboxylic acids is 1. The first kappa shape index (κ1) is 15.2. The Morgan fingerprint density at radius 1 is 1.39 bits per heavy atom. The molecule has 0 bridgehead atoms. The van der Waals surface area contributed by atoms with Gasteiger partial charge in [0.15, 0.2) is 0 Å². The van der Waals surface area contributed by atoms with Crippen LogP contribution in [0.1, 0.15) is 44.7 Å². The quantitative estimate of drug-likeness (QED) is 0.847. The average molecular weight is 313 g/mol. The summed E-state index contributed by atoms with van der Waals surface area (Å²) >= 11 is 3.39. The van der Waals surface area contributed by atoms with Crippen LogP contribution in [-0.4, -0.2) is 11.9 Å². The first-order chi connectivity index (χ1) is 8.54. The van der Waals surface area contributed by atoms with Gasteiger partial charge in [0.25, 0.3) is 0 Å². The molecule has 1 amide bonds. The van der Waals surface area contributed by atoms with Crippen molar-refractivity contribution in [3.63, 3.8) is 0 Å². The lowest BCUT2D eigenvalue weighted by Gasteiger charge is -2.17. The highest BCUT2D eigenvalue weighted by atomic mass is 79.9. The summed E-state index contributed by atoms with van der Waals surface area (Å²) in [4.78, 5) is 11.9. The van der Waals surface area contributed by atoms with Crippen molar-refractivity contribution in [2.75, 3.05) is 0 Å². The van der Waals surface area contributed by atoms with Crippen LogP contribution in [0.2, 0.25) is 0 Å². The van der Waals surface area contributed by atoms with E-state index in [0.717, 1.165) is 29.3 Å². The molecular weight excluding hydrogens is 292 g/mol. The summed E-state index contributed by atoms with van der Waals surface area (Å²) in [6, 6.07) is 7.50. The predicted octanol–water partition coefficient (Wildman–Crippen LogP) is 3.14. The number of amides is 1. The highest BCUT2D eigenvalue weighted by Crippen LogP contribution is 2.16. The maximum absolute atomic E-state index is 11.9. The number of halogens is 1. The smallest absolute Gasteiger partial charge is 0.237 e. The Morgan fingerprint density at radius 2 is 2.00 bits per heavy atom. The van der Waals surface area contributed by atoms with Crippen LogP contribution >= 0.6 is 15.9 Å². The number of benzene rings is 1. The average Bonchev–Trinajstić information content (AvgIpc) is 2.36. The van der Waals surface area contributed by atoms with Gasteiger partial charge in [-0.25, -0.2) is 0 Å². The third-order valence-corrected chi connectivity index (χ3v) is 3.46. The molecular formula is C14H21BrN2O. The Balaban J connectivity index is 2.51. The summed E-state index contributed by atoms with van der Waals surface area (Å²) < 4.78 is 1.03. The number of nitrogens with one attached hydrogen (secondary N) is 1. The van der Waals surface area contributed by atoms with Gasteiger partial charge in [0, 0.05) is 4.47 Å². The van der Waals surface area contributed by atoms with Crippen molar-refractivity contribution < 1.29 is 4.79 Å². The number of hydrogen-bond donors (Lipinski definition) is 2. The fourth-order valence-corrected chi connectivity index (χ4v) is 1.97. The molecule has 3 N–H and O–H groups in total. The van der Waals surface area contributed by atoms with Gasteiger partial charge < -0.3 is 11.1 Å². The molecule has 0 spiro atoms. The molecule has 0 heterocycles. The molecule has 0 radical (unpaired) electrons. The molecule has 0 fully saturated rings. The third kappa shape index (κ3) is 4.78. The van der Waals surface area contributed by atoms with Crippen molar-refractivity contribution in [1.82, 2.24) is 5.32 Å². The minimum absolute atomic E-state index is 0.0155. The van der Waals surface area contributed by atoms with E-state index in [2.05, 4.69) is 28.2 Å². The lowest BCUT2D eigenvalue weighted by molar-refractivity contribution is -0.123. The monoisotopic (exact) mass is 312 g/mol. The van der Waals surface area contributed by atoms with Crippen LogP contribution in [0.25, 0.3) is 0 Å². The number of rotatable bonds is 6. The summed E-state index contributed by atoms with van der Waals surface area (Å²) in [5.41, 5.74) is 6.91. The normalized spacial score (nSPS) is 14.0. The Bertz CT molecular complexity index is 378. The van der Waals surface area contributed by atoms with Gasteiger partial charge in [-0.3, -0.25) is 4.79 Å².